The van der Waals surface area contributed by atoms with E-state index < -0.39 is 11.6 Å². The molecule has 5 heteroatoms. The molecule has 0 aliphatic heterocycles. The van der Waals surface area contributed by atoms with E-state index in [9.17, 15) is 8.78 Å². The number of aromatic nitrogens is 2. The van der Waals surface area contributed by atoms with E-state index in [0.717, 1.165) is 0 Å². The molecule has 0 spiro atoms. The van der Waals surface area contributed by atoms with Crippen LogP contribution in [-0.2, 0) is 0 Å². The summed E-state index contributed by atoms with van der Waals surface area (Å²) in [6.07, 6.45) is 0. The Morgan fingerprint density at radius 2 is 1.78 bits per heavy atom. The Morgan fingerprint density at radius 3 is 2.22 bits per heavy atom. The zero-order valence-corrected chi connectivity index (χ0v) is 10.5. The van der Waals surface area contributed by atoms with Gasteiger partial charge >= 0.3 is 0 Å². The first-order chi connectivity index (χ1) is 8.43. The number of nitrogens with two attached hydrogens (primary N) is 1. The molecule has 0 unspecified atom stereocenters. The van der Waals surface area contributed by atoms with Gasteiger partial charge in [-0.05, 0) is 32.9 Å². The summed E-state index contributed by atoms with van der Waals surface area (Å²) in [5, 5.41) is 0. The highest BCUT2D eigenvalue weighted by Gasteiger charge is 2.21. The van der Waals surface area contributed by atoms with E-state index in [1.807, 2.05) is 13.8 Å². The molecule has 0 saturated heterocycles. The average molecular weight is 251 g/mol. The molecule has 18 heavy (non-hydrogen) atoms. The van der Waals surface area contributed by atoms with Crippen LogP contribution < -0.4 is 5.73 Å². The molecule has 0 aliphatic carbocycles. The molecule has 0 amide bonds. The van der Waals surface area contributed by atoms with E-state index in [1.54, 1.807) is 11.5 Å². The minimum Gasteiger partial charge on any atom is -0.383 e. The molecule has 96 valence electrons. The Kier molecular flexibility index (Phi) is 3.07. The molecule has 0 radical (unpaired) electrons. The zero-order chi connectivity index (χ0) is 13.4. The lowest BCUT2D eigenvalue weighted by atomic mass is 10.1. The summed E-state index contributed by atoms with van der Waals surface area (Å²) in [6, 6.07) is 3.79. The maximum absolute atomic E-state index is 13.7. The summed E-state index contributed by atoms with van der Waals surface area (Å²) in [7, 11) is 0. The van der Waals surface area contributed by atoms with Crippen molar-refractivity contribution in [1.29, 1.82) is 0 Å². The quantitative estimate of drug-likeness (QED) is 0.890. The smallest absolute Gasteiger partial charge is 0.135 e. The molecule has 2 aromatic rings. The topological polar surface area (TPSA) is 43.8 Å². The van der Waals surface area contributed by atoms with Gasteiger partial charge in [-0.3, -0.25) is 0 Å². The van der Waals surface area contributed by atoms with E-state index in [4.69, 9.17) is 5.73 Å². The number of imidazole rings is 1. The van der Waals surface area contributed by atoms with Gasteiger partial charge in [0.25, 0.3) is 0 Å². The first kappa shape index (κ1) is 12.5. The molecular formula is C13H15F2N3. The van der Waals surface area contributed by atoms with Gasteiger partial charge in [0, 0.05) is 6.04 Å². The molecule has 2 N–H and O–H groups in total. The molecule has 1 aromatic carbocycles. The van der Waals surface area contributed by atoms with E-state index in [0.29, 0.717) is 5.82 Å². The van der Waals surface area contributed by atoms with Crippen molar-refractivity contribution in [2.45, 2.75) is 26.8 Å². The van der Waals surface area contributed by atoms with Crippen molar-refractivity contribution in [2.24, 2.45) is 0 Å². The summed E-state index contributed by atoms with van der Waals surface area (Å²) in [6.45, 7) is 5.64. The van der Waals surface area contributed by atoms with Crippen LogP contribution in [0, 0.1) is 18.6 Å². The summed E-state index contributed by atoms with van der Waals surface area (Å²) in [5.74, 6) is -0.392. The molecule has 0 fully saturated rings. The molecular weight excluding hydrogens is 236 g/mol. The van der Waals surface area contributed by atoms with Crippen LogP contribution in [-0.4, -0.2) is 9.55 Å². The standard InChI is InChI=1S/C13H15F2N3/c1-7(2)18-8(3)17-12(13(18)16)11-9(14)5-4-6-10(11)15/h4-7H,16H2,1-3H3. The summed E-state index contributed by atoms with van der Waals surface area (Å²) in [4.78, 5) is 4.18. The van der Waals surface area contributed by atoms with Gasteiger partial charge in [-0.15, -0.1) is 0 Å². The highest BCUT2D eigenvalue weighted by Crippen LogP contribution is 2.32. The van der Waals surface area contributed by atoms with Crippen LogP contribution in [0.5, 0.6) is 0 Å². The fourth-order valence-corrected chi connectivity index (χ4v) is 2.12. The third-order valence-electron chi connectivity index (χ3n) is 2.84. The Morgan fingerprint density at radius 1 is 1.22 bits per heavy atom. The second kappa shape index (κ2) is 4.40. The second-order valence-corrected chi connectivity index (χ2v) is 4.45. The van der Waals surface area contributed by atoms with Gasteiger partial charge < -0.3 is 10.3 Å². The molecule has 0 bridgehead atoms. The van der Waals surface area contributed by atoms with Gasteiger partial charge in [-0.2, -0.15) is 0 Å². The fourth-order valence-electron chi connectivity index (χ4n) is 2.12. The maximum Gasteiger partial charge on any atom is 0.135 e. The monoisotopic (exact) mass is 251 g/mol. The number of hydrogen-bond acceptors (Lipinski definition) is 2. The normalized spacial score (nSPS) is 11.2. The lowest BCUT2D eigenvalue weighted by Crippen LogP contribution is -2.07. The predicted molar refractivity (Wildman–Crippen MR) is 67.1 cm³/mol. The molecule has 3 nitrogen and oxygen atoms in total. The number of aryl methyl sites for hydroxylation is 1. The van der Waals surface area contributed by atoms with Crippen LogP contribution in [0.25, 0.3) is 11.3 Å². The molecule has 1 heterocycles. The van der Waals surface area contributed by atoms with Gasteiger partial charge in [0.05, 0.1) is 5.56 Å². The number of benzene rings is 1. The van der Waals surface area contributed by atoms with Crippen molar-refractivity contribution in [3.05, 3.63) is 35.7 Å². The average Bonchev–Trinajstić information content (AvgIpc) is 2.54. The number of hydrogen-bond donors (Lipinski definition) is 1. The van der Waals surface area contributed by atoms with Crippen LogP contribution >= 0.6 is 0 Å². The summed E-state index contributed by atoms with van der Waals surface area (Å²) < 4.78 is 29.2. The zero-order valence-electron chi connectivity index (χ0n) is 10.5. The molecule has 0 saturated carbocycles. The van der Waals surface area contributed by atoms with Gasteiger partial charge in [-0.1, -0.05) is 6.07 Å². The number of halogens is 2. The first-order valence-corrected chi connectivity index (χ1v) is 5.72. The van der Waals surface area contributed by atoms with Gasteiger partial charge in [0.1, 0.15) is 29.0 Å². The minimum atomic E-state index is -0.657. The highest BCUT2D eigenvalue weighted by molar-refractivity contribution is 5.72. The molecule has 2 rings (SSSR count). The summed E-state index contributed by atoms with van der Waals surface area (Å²) >= 11 is 0. The van der Waals surface area contributed by atoms with Gasteiger partial charge in [-0.25, -0.2) is 13.8 Å². The highest BCUT2D eigenvalue weighted by atomic mass is 19.1. The third kappa shape index (κ3) is 1.85. The Bertz CT molecular complexity index is 568. The number of nitrogen functional groups attached to an aromatic ring is 1. The number of nitrogens with zero attached hydrogens (tertiary/aromatic N) is 2. The van der Waals surface area contributed by atoms with Crippen molar-refractivity contribution in [1.82, 2.24) is 9.55 Å². The SMILES string of the molecule is Cc1nc(-c2c(F)cccc2F)c(N)n1C(C)C. The molecule has 0 atom stereocenters. The van der Waals surface area contributed by atoms with Crippen LogP contribution in [0.1, 0.15) is 25.7 Å². The molecule has 1 aromatic heterocycles. The first-order valence-electron chi connectivity index (χ1n) is 5.72. The van der Waals surface area contributed by atoms with Crippen molar-refractivity contribution < 1.29 is 8.78 Å². The van der Waals surface area contributed by atoms with Crippen molar-refractivity contribution in [2.75, 3.05) is 5.73 Å². The largest absolute Gasteiger partial charge is 0.383 e. The van der Waals surface area contributed by atoms with Gasteiger partial charge in [0.15, 0.2) is 0 Å². The van der Waals surface area contributed by atoms with Crippen LogP contribution in [0.3, 0.4) is 0 Å². The second-order valence-electron chi connectivity index (χ2n) is 4.45. The fraction of sp³-hybridized carbons (Fsp3) is 0.308. The summed E-state index contributed by atoms with van der Waals surface area (Å²) in [5.41, 5.74) is 5.94. The molecule has 0 aliphatic rings. The maximum atomic E-state index is 13.7. The van der Waals surface area contributed by atoms with Crippen LogP contribution in [0.4, 0.5) is 14.6 Å². The Labute approximate surface area is 104 Å². The van der Waals surface area contributed by atoms with Crippen molar-refractivity contribution in [3.63, 3.8) is 0 Å². The Hall–Kier alpha value is -1.91. The Balaban J connectivity index is 2.70. The van der Waals surface area contributed by atoms with Crippen LogP contribution in [0.15, 0.2) is 18.2 Å². The minimum absolute atomic E-state index is 0.0843. The van der Waals surface area contributed by atoms with Crippen molar-refractivity contribution in [3.8, 4) is 11.3 Å². The lowest BCUT2D eigenvalue weighted by Gasteiger charge is -2.11. The predicted octanol–water partition coefficient (Wildman–Crippen LogP) is 3.30. The number of rotatable bonds is 2. The lowest BCUT2D eigenvalue weighted by molar-refractivity contribution is 0.587. The van der Waals surface area contributed by atoms with E-state index >= 15 is 0 Å². The van der Waals surface area contributed by atoms with Gasteiger partial charge in [0.2, 0.25) is 0 Å². The third-order valence-corrected chi connectivity index (χ3v) is 2.84. The van der Waals surface area contributed by atoms with Crippen LogP contribution in [0.2, 0.25) is 0 Å². The van der Waals surface area contributed by atoms with E-state index in [1.165, 1.54) is 18.2 Å². The van der Waals surface area contributed by atoms with E-state index in [-0.39, 0.29) is 23.1 Å². The van der Waals surface area contributed by atoms with E-state index in [2.05, 4.69) is 4.98 Å². The van der Waals surface area contributed by atoms with Crippen molar-refractivity contribution >= 4 is 5.82 Å². The number of anilines is 1.